The van der Waals surface area contributed by atoms with E-state index in [9.17, 15) is 13.2 Å². The molecule has 1 N–H and O–H groups in total. The molecule has 0 spiro atoms. The first-order chi connectivity index (χ1) is 14.2. The summed E-state index contributed by atoms with van der Waals surface area (Å²) in [5.41, 5.74) is 2.60. The zero-order valence-corrected chi connectivity index (χ0v) is 19.1. The van der Waals surface area contributed by atoms with Gasteiger partial charge in [-0.1, -0.05) is 31.0 Å². The number of amides is 1. The Morgan fingerprint density at radius 2 is 1.80 bits per heavy atom. The number of rotatable bonds is 7. The molecule has 1 aromatic heterocycles. The molecule has 0 atom stereocenters. The zero-order chi connectivity index (χ0) is 21.9. The summed E-state index contributed by atoms with van der Waals surface area (Å²) < 4.78 is 29.8. The van der Waals surface area contributed by atoms with Gasteiger partial charge in [0, 0.05) is 31.6 Å². The van der Waals surface area contributed by atoms with Crippen molar-refractivity contribution in [3.05, 3.63) is 41.1 Å². The quantitative estimate of drug-likeness (QED) is 0.724. The minimum absolute atomic E-state index is 0.0620. The first-order valence-corrected chi connectivity index (χ1v) is 12.1. The van der Waals surface area contributed by atoms with Crippen molar-refractivity contribution in [2.24, 2.45) is 5.92 Å². The van der Waals surface area contributed by atoms with Crippen molar-refractivity contribution in [3.63, 3.8) is 0 Å². The normalized spacial score (nSPS) is 16.0. The highest BCUT2D eigenvalue weighted by Gasteiger charge is 2.33. The minimum Gasteiger partial charge on any atom is -0.311 e. The molecule has 2 heterocycles. The fourth-order valence-electron chi connectivity index (χ4n) is 4.21. The van der Waals surface area contributed by atoms with E-state index in [2.05, 4.69) is 17.3 Å². The van der Waals surface area contributed by atoms with Gasteiger partial charge in [-0.3, -0.25) is 4.79 Å². The van der Waals surface area contributed by atoms with Crippen molar-refractivity contribution in [1.82, 2.24) is 14.1 Å². The molecule has 1 aliphatic heterocycles. The number of sulfonamides is 1. The lowest BCUT2D eigenvalue weighted by atomic mass is 9.97. The molecule has 1 amide bonds. The van der Waals surface area contributed by atoms with Crippen molar-refractivity contribution in [1.29, 1.82) is 0 Å². The average Bonchev–Trinajstić information content (AvgIpc) is 3.12. The smallest absolute Gasteiger partial charge is 0.243 e. The SMILES string of the molecule is CCCCn1nccc1NC(=O)C1CCN(S(=O)(=O)c2c(C)cc(C)cc2C)CC1. The Bertz CT molecular complexity index is 982. The number of unbranched alkanes of at least 4 members (excludes halogenated alkanes) is 1. The monoisotopic (exact) mass is 432 g/mol. The third-order valence-electron chi connectivity index (χ3n) is 5.72. The summed E-state index contributed by atoms with van der Waals surface area (Å²) in [6.45, 7) is 9.23. The van der Waals surface area contributed by atoms with E-state index in [1.54, 1.807) is 12.3 Å². The van der Waals surface area contributed by atoms with Crippen molar-refractivity contribution >= 4 is 21.7 Å². The summed E-state index contributed by atoms with van der Waals surface area (Å²) in [5, 5.41) is 7.24. The number of carbonyl (C=O) groups is 1. The predicted octanol–water partition coefficient (Wildman–Crippen LogP) is 3.65. The van der Waals surface area contributed by atoms with E-state index in [4.69, 9.17) is 0 Å². The van der Waals surface area contributed by atoms with Crippen LogP contribution in [0.15, 0.2) is 29.3 Å². The van der Waals surface area contributed by atoms with Crippen LogP contribution in [0.1, 0.15) is 49.3 Å². The van der Waals surface area contributed by atoms with Crippen molar-refractivity contribution in [2.75, 3.05) is 18.4 Å². The third kappa shape index (κ3) is 4.75. The lowest BCUT2D eigenvalue weighted by molar-refractivity contribution is -0.121. The maximum absolute atomic E-state index is 13.2. The summed E-state index contributed by atoms with van der Waals surface area (Å²) in [4.78, 5) is 13.1. The van der Waals surface area contributed by atoms with Crippen molar-refractivity contribution < 1.29 is 13.2 Å². The zero-order valence-electron chi connectivity index (χ0n) is 18.3. The van der Waals surface area contributed by atoms with Gasteiger partial charge in [0.2, 0.25) is 15.9 Å². The van der Waals surface area contributed by atoms with Gasteiger partial charge in [0.05, 0.1) is 11.1 Å². The number of nitrogens with one attached hydrogen (secondary N) is 1. The highest BCUT2D eigenvalue weighted by molar-refractivity contribution is 7.89. The molecule has 1 aliphatic rings. The van der Waals surface area contributed by atoms with Gasteiger partial charge in [0.1, 0.15) is 5.82 Å². The topological polar surface area (TPSA) is 84.3 Å². The van der Waals surface area contributed by atoms with Crippen LogP contribution < -0.4 is 5.32 Å². The summed E-state index contributed by atoms with van der Waals surface area (Å²) in [6.07, 6.45) is 4.77. The fourth-order valence-corrected chi connectivity index (χ4v) is 6.10. The highest BCUT2D eigenvalue weighted by atomic mass is 32.2. The van der Waals surface area contributed by atoms with Crippen LogP contribution in [0, 0.1) is 26.7 Å². The van der Waals surface area contributed by atoms with Crippen LogP contribution in [0.3, 0.4) is 0 Å². The summed E-state index contributed by atoms with van der Waals surface area (Å²) >= 11 is 0. The molecule has 0 bridgehead atoms. The molecule has 0 unspecified atom stereocenters. The highest BCUT2D eigenvalue weighted by Crippen LogP contribution is 2.29. The number of aryl methyl sites for hydroxylation is 4. The molecule has 8 heteroatoms. The maximum atomic E-state index is 13.2. The second-order valence-corrected chi connectivity index (χ2v) is 10.1. The number of hydrogen-bond acceptors (Lipinski definition) is 4. The van der Waals surface area contributed by atoms with Crippen LogP contribution in [0.2, 0.25) is 0 Å². The molecular formula is C22H32N4O3S. The Labute approximate surface area is 179 Å². The molecule has 1 saturated heterocycles. The van der Waals surface area contributed by atoms with Crippen LogP contribution >= 0.6 is 0 Å². The van der Waals surface area contributed by atoms with Crippen LogP contribution in [-0.4, -0.2) is 41.5 Å². The first kappa shape index (κ1) is 22.5. The van der Waals surface area contributed by atoms with Gasteiger partial charge >= 0.3 is 0 Å². The molecule has 164 valence electrons. The summed E-state index contributed by atoms with van der Waals surface area (Å²) in [6, 6.07) is 5.61. The van der Waals surface area contributed by atoms with E-state index in [0.29, 0.717) is 36.6 Å². The number of anilines is 1. The molecule has 0 saturated carbocycles. The van der Waals surface area contributed by atoms with Gasteiger partial charge in [0.15, 0.2) is 0 Å². The molecule has 0 radical (unpaired) electrons. The van der Waals surface area contributed by atoms with Gasteiger partial charge in [-0.2, -0.15) is 9.40 Å². The first-order valence-electron chi connectivity index (χ1n) is 10.6. The number of aromatic nitrogens is 2. The van der Waals surface area contributed by atoms with E-state index in [0.717, 1.165) is 36.1 Å². The van der Waals surface area contributed by atoms with Gasteiger partial charge < -0.3 is 5.32 Å². The molecule has 1 fully saturated rings. The lowest BCUT2D eigenvalue weighted by Crippen LogP contribution is -2.42. The summed E-state index contributed by atoms with van der Waals surface area (Å²) in [7, 11) is -3.57. The Morgan fingerprint density at radius 3 is 2.40 bits per heavy atom. The molecule has 0 aliphatic carbocycles. The van der Waals surface area contributed by atoms with Crippen LogP contribution in [0.5, 0.6) is 0 Å². The Morgan fingerprint density at radius 1 is 1.17 bits per heavy atom. The number of piperidine rings is 1. The van der Waals surface area contributed by atoms with Crippen LogP contribution in [-0.2, 0) is 21.4 Å². The Kier molecular flexibility index (Phi) is 6.98. The Balaban J connectivity index is 1.65. The number of nitrogens with zero attached hydrogens (tertiary/aromatic N) is 3. The van der Waals surface area contributed by atoms with Gasteiger partial charge in [0.25, 0.3) is 0 Å². The van der Waals surface area contributed by atoms with E-state index < -0.39 is 10.0 Å². The predicted molar refractivity (Wildman–Crippen MR) is 118 cm³/mol. The van der Waals surface area contributed by atoms with E-state index in [-0.39, 0.29) is 11.8 Å². The second-order valence-electron chi connectivity index (χ2n) is 8.19. The number of hydrogen-bond donors (Lipinski definition) is 1. The van der Waals surface area contributed by atoms with Gasteiger partial charge in [-0.15, -0.1) is 0 Å². The molecular weight excluding hydrogens is 400 g/mol. The van der Waals surface area contributed by atoms with Crippen LogP contribution in [0.25, 0.3) is 0 Å². The number of carbonyl (C=O) groups excluding carboxylic acids is 1. The average molecular weight is 433 g/mol. The molecule has 2 aromatic rings. The van der Waals surface area contributed by atoms with Gasteiger partial charge in [-0.05, 0) is 51.2 Å². The minimum atomic E-state index is -3.57. The maximum Gasteiger partial charge on any atom is 0.243 e. The van der Waals surface area contributed by atoms with Gasteiger partial charge in [-0.25, -0.2) is 13.1 Å². The summed E-state index contributed by atoms with van der Waals surface area (Å²) in [5.74, 6) is 0.439. The second kappa shape index (κ2) is 9.31. The fraction of sp³-hybridized carbons (Fsp3) is 0.545. The number of benzene rings is 1. The molecule has 1 aromatic carbocycles. The van der Waals surface area contributed by atoms with E-state index in [1.165, 1.54) is 4.31 Å². The Hall–Kier alpha value is -2.19. The molecule has 3 rings (SSSR count). The standard InChI is InChI=1S/C22H32N4O3S/c1-5-6-11-26-20(7-10-23-26)24-22(27)19-8-12-25(13-9-19)30(28,29)21-17(3)14-16(2)15-18(21)4/h7,10,14-15,19H,5-6,8-9,11-13H2,1-4H3,(H,24,27). The lowest BCUT2D eigenvalue weighted by Gasteiger charge is -2.31. The van der Waals surface area contributed by atoms with Crippen molar-refractivity contribution in [3.8, 4) is 0 Å². The van der Waals surface area contributed by atoms with Crippen molar-refractivity contribution in [2.45, 2.75) is 64.8 Å². The molecule has 30 heavy (non-hydrogen) atoms. The van der Waals surface area contributed by atoms with E-state index in [1.807, 2.05) is 37.6 Å². The molecule has 7 nitrogen and oxygen atoms in total. The van der Waals surface area contributed by atoms with E-state index >= 15 is 0 Å². The third-order valence-corrected chi connectivity index (χ3v) is 7.92. The van der Waals surface area contributed by atoms with Crippen LogP contribution in [0.4, 0.5) is 5.82 Å². The largest absolute Gasteiger partial charge is 0.311 e.